The van der Waals surface area contributed by atoms with E-state index in [0.717, 1.165) is 24.8 Å². The van der Waals surface area contributed by atoms with Gasteiger partial charge in [0.2, 0.25) is 0 Å². The summed E-state index contributed by atoms with van der Waals surface area (Å²) in [5.41, 5.74) is 2.55. The summed E-state index contributed by atoms with van der Waals surface area (Å²) >= 11 is 0. The smallest absolute Gasteiger partial charge is 0.340 e. The van der Waals surface area contributed by atoms with Gasteiger partial charge in [0.05, 0.1) is 12.2 Å². The largest absolute Gasteiger partial charge is 0.432 e. The highest BCUT2D eigenvalue weighted by molar-refractivity contribution is 5.90. The minimum absolute atomic E-state index is 0.387. The molecule has 1 aromatic carbocycles. The lowest BCUT2D eigenvalue weighted by Crippen LogP contribution is -2.18. The first-order valence-electron chi connectivity index (χ1n) is 11.9. The number of ether oxygens (including phenoxy) is 2. The summed E-state index contributed by atoms with van der Waals surface area (Å²) in [7, 11) is 0. The zero-order valence-electron chi connectivity index (χ0n) is 19.4. The van der Waals surface area contributed by atoms with E-state index in [1.807, 2.05) is 24.5 Å². The second-order valence-corrected chi connectivity index (χ2v) is 8.06. The fourth-order valence-corrected chi connectivity index (χ4v) is 3.32. The molecule has 0 bridgehead atoms. The Morgan fingerprint density at radius 2 is 1.48 bits per heavy atom. The molecule has 0 N–H and O–H groups in total. The van der Waals surface area contributed by atoms with Gasteiger partial charge in [0.1, 0.15) is 0 Å². The van der Waals surface area contributed by atoms with Gasteiger partial charge in [0.15, 0.2) is 12.1 Å². The van der Waals surface area contributed by atoms with Gasteiger partial charge in [0.25, 0.3) is 0 Å². The average Bonchev–Trinajstić information content (AvgIpc) is 2.79. The minimum Gasteiger partial charge on any atom is -0.432 e. The van der Waals surface area contributed by atoms with Crippen LogP contribution in [0.5, 0.6) is 0 Å². The maximum absolute atomic E-state index is 12.2. The van der Waals surface area contributed by atoms with E-state index < -0.39 is 6.29 Å². The number of esters is 1. The first kappa shape index (κ1) is 25.0. The third-order valence-corrected chi connectivity index (χ3v) is 5.28. The van der Waals surface area contributed by atoms with E-state index in [-0.39, 0.29) is 5.97 Å². The third-order valence-electron chi connectivity index (χ3n) is 5.28. The molecule has 0 aliphatic carbocycles. The number of aromatic nitrogens is 2. The highest BCUT2D eigenvalue weighted by Crippen LogP contribution is 2.17. The van der Waals surface area contributed by atoms with Crippen LogP contribution in [0.15, 0.2) is 36.7 Å². The van der Waals surface area contributed by atoms with E-state index in [2.05, 4.69) is 23.8 Å². The fourth-order valence-electron chi connectivity index (χ4n) is 3.32. The molecule has 2 rings (SSSR count). The molecule has 0 fully saturated rings. The summed E-state index contributed by atoms with van der Waals surface area (Å²) in [4.78, 5) is 21.3. The molecule has 1 atom stereocenters. The lowest BCUT2D eigenvalue weighted by atomic mass is 10.1. The Kier molecular flexibility index (Phi) is 11.8. The zero-order chi connectivity index (χ0) is 22.3. The quantitative estimate of drug-likeness (QED) is 0.179. The molecule has 1 aromatic heterocycles. The fraction of sp³-hybridized carbons (Fsp3) is 0.577. The SMILES string of the molecule is CCCCCCCCCc1cnc(-c2ccc(C(=O)OC(C)OCCCC)cc2)nc1. The van der Waals surface area contributed by atoms with Gasteiger partial charge in [0, 0.05) is 18.0 Å². The molecule has 1 unspecified atom stereocenters. The van der Waals surface area contributed by atoms with Crippen molar-refractivity contribution in [2.45, 2.75) is 91.3 Å². The number of hydrogen-bond acceptors (Lipinski definition) is 5. The predicted octanol–water partition coefficient (Wildman–Crippen LogP) is 6.76. The molecule has 31 heavy (non-hydrogen) atoms. The van der Waals surface area contributed by atoms with Crippen molar-refractivity contribution in [3.8, 4) is 11.4 Å². The van der Waals surface area contributed by atoms with E-state index >= 15 is 0 Å². The normalized spacial score (nSPS) is 12.0. The van der Waals surface area contributed by atoms with Crippen LogP contribution in [0, 0.1) is 0 Å². The molecule has 0 saturated carbocycles. The van der Waals surface area contributed by atoms with Crippen LogP contribution >= 0.6 is 0 Å². The molecule has 1 heterocycles. The molecule has 0 amide bonds. The molecule has 0 radical (unpaired) electrons. The van der Waals surface area contributed by atoms with Crippen LogP contribution < -0.4 is 0 Å². The van der Waals surface area contributed by atoms with Gasteiger partial charge in [-0.15, -0.1) is 0 Å². The van der Waals surface area contributed by atoms with Crippen LogP contribution in [0.1, 0.15) is 94.5 Å². The summed E-state index contributed by atoms with van der Waals surface area (Å²) < 4.78 is 10.8. The average molecular weight is 427 g/mol. The second kappa shape index (κ2) is 14.7. The lowest BCUT2D eigenvalue weighted by Gasteiger charge is -2.14. The first-order chi connectivity index (χ1) is 15.1. The number of nitrogens with zero attached hydrogens (tertiary/aromatic N) is 2. The van der Waals surface area contributed by atoms with Crippen LogP contribution in [0.4, 0.5) is 0 Å². The highest BCUT2D eigenvalue weighted by atomic mass is 16.7. The van der Waals surface area contributed by atoms with Crippen molar-refractivity contribution >= 4 is 5.97 Å². The molecule has 0 saturated heterocycles. The second-order valence-electron chi connectivity index (χ2n) is 8.06. The Hall–Kier alpha value is -2.27. The van der Waals surface area contributed by atoms with Crippen LogP contribution in [0.2, 0.25) is 0 Å². The summed E-state index contributed by atoms with van der Waals surface area (Å²) in [6, 6.07) is 7.19. The van der Waals surface area contributed by atoms with E-state index in [1.165, 1.54) is 50.5 Å². The number of carbonyl (C=O) groups is 1. The number of aryl methyl sites for hydroxylation is 1. The van der Waals surface area contributed by atoms with Gasteiger partial charge >= 0.3 is 5.97 Å². The number of rotatable bonds is 15. The van der Waals surface area contributed by atoms with Gasteiger partial charge in [-0.2, -0.15) is 0 Å². The van der Waals surface area contributed by atoms with E-state index in [4.69, 9.17) is 9.47 Å². The summed E-state index contributed by atoms with van der Waals surface area (Å²) in [5, 5.41) is 0. The van der Waals surface area contributed by atoms with Crippen molar-refractivity contribution in [3.05, 3.63) is 47.8 Å². The Morgan fingerprint density at radius 3 is 2.13 bits per heavy atom. The number of benzene rings is 1. The first-order valence-corrected chi connectivity index (χ1v) is 11.9. The lowest BCUT2D eigenvalue weighted by molar-refractivity contribution is -0.0985. The number of unbranched alkanes of at least 4 members (excludes halogenated alkanes) is 7. The molecule has 0 aliphatic heterocycles. The van der Waals surface area contributed by atoms with Crippen LogP contribution in [-0.4, -0.2) is 28.8 Å². The van der Waals surface area contributed by atoms with Gasteiger partial charge < -0.3 is 9.47 Å². The van der Waals surface area contributed by atoms with Crippen LogP contribution in [0.25, 0.3) is 11.4 Å². The van der Waals surface area contributed by atoms with Crippen molar-refractivity contribution in [1.29, 1.82) is 0 Å². The molecular weight excluding hydrogens is 388 g/mol. The van der Waals surface area contributed by atoms with Crippen LogP contribution in [0.3, 0.4) is 0 Å². The van der Waals surface area contributed by atoms with E-state index in [1.54, 1.807) is 19.1 Å². The molecule has 2 aromatic rings. The number of hydrogen-bond donors (Lipinski definition) is 0. The standard InChI is InChI=1S/C26H38N2O3/c1-4-6-8-9-10-11-12-13-22-19-27-25(28-20-22)23-14-16-24(17-15-23)26(29)31-21(3)30-18-7-5-2/h14-17,19-21H,4-13,18H2,1-3H3. The van der Waals surface area contributed by atoms with Gasteiger partial charge in [-0.1, -0.05) is 70.9 Å². The van der Waals surface area contributed by atoms with Crippen molar-refractivity contribution in [1.82, 2.24) is 9.97 Å². The topological polar surface area (TPSA) is 61.3 Å². The summed E-state index contributed by atoms with van der Waals surface area (Å²) in [5.74, 6) is 0.279. The molecule has 5 nitrogen and oxygen atoms in total. The molecule has 0 spiro atoms. The monoisotopic (exact) mass is 426 g/mol. The maximum Gasteiger partial charge on any atom is 0.340 e. The Bertz CT molecular complexity index is 744. The van der Waals surface area contributed by atoms with Gasteiger partial charge in [-0.05, 0) is 43.9 Å². The van der Waals surface area contributed by atoms with E-state index in [0.29, 0.717) is 18.0 Å². The number of carbonyl (C=O) groups excluding carboxylic acids is 1. The predicted molar refractivity (Wildman–Crippen MR) is 125 cm³/mol. The molecule has 170 valence electrons. The Balaban J connectivity index is 1.78. The minimum atomic E-state index is -0.550. The van der Waals surface area contributed by atoms with Crippen molar-refractivity contribution in [2.75, 3.05) is 6.61 Å². The van der Waals surface area contributed by atoms with Crippen molar-refractivity contribution in [3.63, 3.8) is 0 Å². The summed E-state index contributed by atoms with van der Waals surface area (Å²) in [6.07, 6.45) is 15.4. The Labute approximate surface area is 187 Å². The van der Waals surface area contributed by atoms with E-state index in [9.17, 15) is 4.79 Å². The highest BCUT2D eigenvalue weighted by Gasteiger charge is 2.12. The zero-order valence-corrected chi connectivity index (χ0v) is 19.4. The van der Waals surface area contributed by atoms with Crippen molar-refractivity contribution in [2.24, 2.45) is 0 Å². The molecular formula is C26H38N2O3. The molecule has 5 heteroatoms. The third kappa shape index (κ3) is 9.60. The van der Waals surface area contributed by atoms with Gasteiger partial charge in [-0.25, -0.2) is 14.8 Å². The molecule has 0 aliphatic rings. The van der Waals surface area contributed by atoms with Gasteiger partial charge in [-0.3, -0.25) is 0 Å². The maximum atomic E-state index is 12.2. The van der Waals surface area contributed by atoms with Crippen LogP contribution in [-0.2, 0) is 15.9 Å². The Morgan fingerprint density at radius 1 is 0.871 bits per heavy atom. The summed E-state index contributed by atoms with van der Waals surface area (Å²) in [6.45, 7) is 6.67. The van der Waals surface area contributed by atoms with Crippen molar-refractivity contribution < 1.29 is 14.3 Å².